The number of benzene rings is 1. The summed E-state index contributed by atoms with van der Waals surface area (Å²) in [5.74, 6) is 0.322. The molecule has 1 unspecified atom stereocenters. The van der Waals surface area contributed by atoms with Crippen LogP contribution in [0, 0.1) is 5.92 Å². The number of sulfonamides is 1. The first kappa shape index (κ1) is 16.2. The third-order valence-electron chi connectivity index (χ3n) is 3.64. The molecule has 0 radical (unpaired) electrons. The minimum absolute atomic E-state index is 0.322. The molecule has 0 spiro atoms. The van der Waals surface area contributed by atoms with Gasteiger partial charge in [0.2, 0.25) is 10.0 Å². The zero-order chi connectivity index (χ0) is 15.1. The maximum atomic E-state index is 11.9. The molecular formula is C16H24N2O2S. The van der Waals surface area contributed by atoms with Crippen molar-refractivity contribution >= 4 is 16.1 Å². The van der Waals surface area contributed by atoms with E-state index in [-0.39, 0.29) is 0 Å². The van der Waals surface area contributed by atoms with E-state index in [1.807, 2.05) is 30.3 Å². The van der Waals surface area contributed by atoms with Crippen LogP contribution in [0.5, 0.6) is 0 Å². The highest BCUT2D eigenvalue weighted by atomic mass is 32.2. The molecule has 0 bridgehead atoms. The van der Waals surface area contributed by atoms with Crippen LogP contribution in [0.1, 0.15) is 25.3 Å². The normalized spacial score (nSPS) is 18.3. The lowest BCUT2D eigenvalue weighted by molar-refractivity contribution is 0.288. The van der Waals surface area contributed by atoms with Crippen LogP contribution in [0.25, 0.3) is 6.08 Å². The minimum Gasteiger partial charge on any atom is -0.303 e. The lowest BCUT2D eigenvalue weighted by atomic mass is 10.2. The average molecular weight is 308 g/mol. The largest absolute Gasteiger partial charge is 0.303 e. The average Bonchev–Trinajstić information content (AvgIpc) is 2.97. The van der Waals surface area contributed by atoms with Crippen LogP contribution in [0.2, 0.25) is 0 Å². The van der Waals surface area contributed by atoms with E-state index in [4.69, 9.17) is 0 Å². The standard InChI is InChI=1S/C16H24N2O2S/c1-15(14-18-10-5-6-11-18)13-17-21(19,20)12-9-16-7-3-2-4-8-16/h2-4,7-9,12,15,17H,5-6,10-11,13-14H2,1H3. The molecule has 1 N–H and O–H groups in total. The molecule has 1 aliphatic heterocycles. The van der Waals surface area contributed by atoms with Crippen LogP contribution in [0.4, 0.5) is 0 Å². The van der Waals surface area contributed by atoms with Gasteiger partial charge in [-0.1, -0.05) is 37.3 Å². The van der Waals surface area contributed by atoms with Crippen molar-refractivity contribution in [1.29, 1.82) is 0 Å². The van der Waals surface area contributed by atoms with Crippen molar-refractivity contribution in [1.82, 2.24) is 9.62 Å². The van der Waals surface area contributed by atoms with E-state index in [1.54, 1.807) is 6.08 Å². The molecule has 1 saturated heterocycles. The van der Waals surface area contributed by atoms with Crippen molar-refractivity contribution < 1.29 is 8.42 Å². The summed E-state index contributed by atoms with van der Waals surface area (Å²) in [6.45, 7) is 5.82. The summed E-state index contributed by atoms with van der Waals surface area (Å²) < 4.78 is 26.5. The lowest BCUT2D eigenvalue weighted by Gasteiger charge is -2.20. The third-order valence-corrected chi connectivity index (χ3v) is 4.70. The number of rotatable bonds is 7. The van der Waals surface area contributed by atoms with E-state index in [2.05, 4.69) is 16.5 Å². The monoisotopic (exact) mass is 308 g/mol. The fourth-order valence-electron chi connectivity index (χ4n) is 2.51. The van der Waals surface area contributed by atoms with E-state index < -0.39 is 10.0 Å². The third kappa shape index (κ3) is 5.99. The summed E-state index contributed by atoms with van der Waals surface area (Å²) in [7, 11) is -3.36. The Hall–Kier alpha value is -1.17. The highest BCUT2D eigenvalue weighted by molar-refractivity contribution is 7.92. The van der Waals surface area contributed by atoms with Crippen LogP contribution in [0.3, 0.4) is 0 Å². The molecule has 4 nitrogen and oxygen atoms in total. The number of hydrogen-bond acceptors (Lipinski definition) is 3. The molecule has 21 heavy (non-hydrogen) atoms. The fraction of sp³-hybridized carbons (Fsp3) is 0.500. The second-order valence-electron chi connectivity index (χ2n) is 5.72. The molecule has 0 amide bonds. The van der Waals surface area contributed by atoms with Crippen molar-refractivity contribution in [3.05, 3.63) is 41.3 Å². The summed E-state index contributed by atoms with van der Waals surface area (Å²) >= 11 is 0. The molecule has 1 atom stereocenters. The van der Waals surface area contributed by atoms with E-state index in [0.29, 0.717) is 12.5 Å². The molecule has 1 aliphatic rings. The van der Waals surface area contributed by atoms with Crippen LogP contribution < -0.4 is 4.72 Å². The Kier molecular flexibility index (Phi) is 5.96. The molecule has 1 aromatic rings. The van der Waals surface area contributed by atoms with Gasteiger partial charge in [0.15, 0.2) is 0 Å². The Balaban J connectivity index is 1.79. The molecule has 1 heterocycles. The molecule has 0 aliphatic carbocycles. The summed E-state index contributed by atoms with van der Waals surface area (Å²) in [4.78, 5) is 2.40. The van der Waals surface area contributed by atoms with Crippen molar-refractivity contribution in [2.75, 3.05) is 26.2 Å². The number of hydrogen-bond donors (Lipinski definition) is 1. The predicted molar refractivity (Wildman–Crippen MR) is 87.2 cm³/mol. The highest BCUT2D eigenvalue weighted by Gasteiger charge is 2.15. The smallest absolute Gasteiger partial charge is 0.233 e. The quantitative estimate of drug-likeness (QED) is 0.841. The maximum Gasteiger partial charge on any atom is 0.233 e. The van der Waals surface area contributed by atoms with Gasteiger partial charge in [-0.3, -0.25) is 0 Å². The van der Waals surface area contributed by atoms with Crippen molar-refractivity contribution in [2.24, 2.45) is 5.92 Å². The van der Waals surface area contributed by atoms with Gasteiger partial charge in [0, 0.05) is 18.5 Å². The van der Waals surface area contributed by atoms with E-state index in [9.17, 15) is 8.42 Å². The van der Waals surface area contributed by atoms with E-state index in [1.165, 1.54) is 18.2 Å². The zero-order valence-corrected chi connectivity index (χ0v) is 13.3. The van der Waals surface area contributed by atoms with Gasteiger partial charge in [0.05, 0.1) is 0 Å². The molecule has 1 aromatic carbocycles. The van der Waals surface area contributed by atoms with Gasteiger partial charge >= 0.3 is 0 Å². The number of nitrogens with zero attached hydrogens (tertiary/aromatic N) is 1. The van der Waals surface area contributed by atoms with Crippen LogP contribution in [0.15, 0.2) is 35.7 Å². The van der Waals surface area contributed by atoms with Gasteiger partial charge in [-0.05, 0) is 43.5 Å². The van der Waals surface area contributed by atoms with Gasteiger partial charge in [-0.2, -0.15) is 0 Å². The summed E-state index contributed by atoms with van der Waals surface area (Å²) in [5, 5.41) is 1.24. The fourth-order valence-corrected chi connectivity index (χ4v) is 3.46. The Bertz CT molecular complexity index is 549. The van der Waals surface area contributed by atoms with Crippen molar-refractivity contribution in [3.63, 3.8) is 0 Å². The Labute approximate surface area is 127 Å². The SMILES string of the molecule is CC(CNS(=O)(=O)C=Cc1ccccc1)CN1CCCC1. The van der Waals surface area contributed by atoms with Crippen LogP contribution in [-0.4, -0.2) is 39.5 Å². The van der Waals surface area contributed by atoms with Gasteiger partial charge in [0.25, 0.3) is 0 Å². The van der Waals surface area contributed by atoms with Gasteiger partial charge < -0.3 is 4.90 Å². The van der Waals surface area contributed by atoms with E-state index in [0.717, 1.165) is 25.2 Å². The second kappa shape index (κ2) is 7.73. The molecule has 0 aromatic heterocycles. The Morgan fingerprint density at radius 1 is 1.24 bits per heavy atom. The van der Waals surface area contributed by atoms with E-state index >= 15 is 0 Å². The topological polar surface area (TPSA) is 49.4 Å². The molecule has 116 valence electrons. The summed E-state index contributed by atoms with van der Waals surface area (Å²) in [6, 6.07) is 9.43. The van der Waals surface area contributed by atoms with Crippen molar-refractivity contribution in [2.45, 2.75) is 19.8 Å². The summed E-state index contributed by atoms with van der Waals surface area (Å²) in [6.07, 6.45) is 4.14. The first-order chi connectivity index (χ1) is 10.1. The molecule has 5 heteroatoms. The van der Waals surface area contributed by atoms with Gasteiger partial charge in [-0.15, -0.1) is 0 Å². The zero-order valence-electron chi connectivity index (χ0n) is 12.5. The highest BCUT2D eigenvalue weighted by Crippen LogP contribution is 2.10. The molecule has 0 saturated carbocycles. The maximum absolute atomic E-state index is 11.9. The number of likely N-dealkylation sites (tertiary alicyclic amines) is 1. The van der Waals surface area contributed by atoms with Gasteiger partial charge in [0.1, 0.15) is 0 Å². The molecule has 2 rings (SSSR count). The lowest BCUT2D eigenvalue weighted by Crippen LogP contribution is -2.33. The van der Waals surface area contributed by atoms with Crippen LogP contribution in [-0.2, 0) is 10.0 Å². The second-order valence-corrected chi connectivity index (χ2v) is 7.37. The molecule has 1 fully saturated rings. The summed E-state index contributed by atoms with van der Waals surface area (Å²) in [5.41, 5.74) is 0.882. The first-order valence-corrected chi connectivity index (χ1v) is 9.05. The number of nitrogens with one attached hydrogen (secondary N) is 1. The Morgan fingerprint density at radius 3 is 2.57 bits per heavy atom. The van der Waals surface area contributed by atoms with Gasteiger partial charge in [-0.25, -0.2) is 13.1 Å². The van der Waals surface area contributed by atoms with Crippen LogP contribution >= 0.6 is 0 Å². The molecular weight excluding hydrogens is 284 g/mol. The minimum atomic E-state index is -3.36. The predicted octanol–water partition coefficient (Wildman–Crippen LogP) is 2.31. The first-order valence-electron chi connectivity index (χ1n) is 7.50. The van der Waals surface area contributed by atoms with Crippen molar-refractivity contribution in [3.8, 4) is 0 Å². The Morgan fingerprint density at radius 2 is 1.90 bits per heavy atom.